The second-order valence-electron chi connectivity index (χ2n) is 6.86. The average Bonchev–Trinajstić information content (AvgIpc) is 3.17. The van der Waals surface area contributed by atoms with E-state index in [1.165, 1.54) is 39.0 Å². The zero-order chi connectivity index (χ0) is 14.7. The summed E-state index contributed by atoms with van der Waals surface area (Å²) in [4.78, 5) is 18.7. The summed E-state index contributed by atoms with van der Waals surface area (Å²) in [5.41, 5.74) is 0. The van der Waals surface area contributed by atoms with Crippen molar-refractivity contribution in [3.05, 3.63) is 0 Å². The number of aliphatic carboxylic acids is 1. The van der Waals surface area contributed by atoms with E-state index < -0.39 is 5.97 Å². The number of carboxylic acids is 1. The van der Waals surface area contributed by atoms with Gasteiger partial charge in [-0.1, -0.05) is 0 Å². The first-order valence-electron chi connectivity index (χ1n) is 8.67. The van der Waals surface area contributed by atoms with Crippen molar-refractivity contribution < 1.29 is 9.90 Å². The Hall–Kier alpha value is -0.650. The van der Waals surface area contributed by atoms with Gasteiger partial charge in [-0.2, -0.15) is 0 Å². The van der Waals surface area contributed by atoms with Gasteiger partial charge in [-0.15, -0.1) is 0 Å². The molecule has 3 saturated heterocycles. The Labute approximate surface area is 127 Å². The number of hydrogen-bond acceptors (Lipinski definition) is 4. The standard InChI is InChI=1S/C16H29N3O2/c20-16(21)15-4-3-9-19(15)14-5-10-18(11-6-14)13-12-17-7-1-2-8-17/h14-15H,1-13H2,(H,20,21). The first kappa shape index (κ1) is 15.3. The molecule has 3 rings (SSSR count). The fourth-order valence-corrected chi connectivity index (χ4v) is 4.25. The van der Waals surface area contributed by atoms with Crippen molar-refractivity contribution in [2.24, 2.45) is 0 Å². The Kier molecular flexibility index (Phi) is 5.14. The van der Waals surface area contributed by atoms with Gasteiger partial charge in [0.25, 0.3) is 0 Å². The topological polar surface area (TPSA) is 47.0 Å². The molecule has 0 radical (unpaired) electrons. The fourth-order valence-electron chi connectivity index (χ4n) is 4.25. The summed E-state index contributed by atoms with van der Waals surface area (Å²) < 4.78 is 0. The molecule has 0 amide bonds. The van der Waals surface area contributed by atoms with Gasteiger partial charge in [-0.25, -0.2) is 0 Å². The summed E-state index contributed by atoms with van der Waals surface area (Å²) in [5.74, 6) is -0.621. The smallest absolute Gasteiger partial charge is 0.320 e. The van der Waals surface area contributed by atoms with Crippen molar-refractivity contribution in [1.29, 1.82) is 0 Å². The Morgan fingerprint density at radius 3 is 2.10 bits per heavy atom. The predicted molar refractivity (Wildman–Crippen MR) is 82.5 cm³/mol. The van der Waals surface area contributed by atoms with E-state index in [0.717, 1.165) is 45.3 Å². The predicted octanol–water partition coefficient (Wildman–Crippen LogP) is 1.10. The summed E-state index contributed by atoms with van der Waals surface area (Å²) in [6.07, 6.45) is 6.91. The quantitative estimate of drug-likeness (QED) is 0.823. The Morgan fingerprint density at radius 2 is 1.48 bits per heavy atom. The first-order chi connectivity index (χ1) is 10.2. The van der Waals surface area contributed by atoms with E-state index in [1.54, 1.807) is 0 Å². The van der Waals surface area contributed by atoms with Crippen LogP contribution in [0.1, 0.15) is 38.5 Å². The van der Waals surface area contributed by atoms with E-state index in [2.05, 4.69) is 14.7 Å². The summed E-state index contributed by atoms with van der Waals surface area (Å²) >= 11 is 0. The third-order valence-electron chi connectivity index (χ3n) is 5.54. The van der Waals surface area contributed by atoms with E-state index in [9.17, 15) is 9.90 Å². The molecule has 21 heavy (non-hydrogen) atoms. The molecule has 3 aliphatic heterocycles. The lowest BCUT2D eigenvalue weighted by molar-refractivity contribution is -0.143. The molecular weight excluding hydrogens is 266 g/mol. The normalized spacial score (nSPS) is 30.2. The van der Waals surface area contributed by atoms with Gasteiger partial charge in [-0.05, 0) is 71.2 Å². The highest BCUT2D eigenvalue weighted by molar-refractivity contribution is 5.73. The molecule has 5 nitrogen and oxygen atoms in total. The van der Waals surface area contributed by atoms with Crippen molar-refractivity contribution in [2.45, 2.75) is 50.6 Å². The number of rotatable bonds is 5. The van der Waals surface area contributed by atoms with E-state index in [0.29, 0.717) is 6.04 Å². The van der Waals surface area contributed by atoms with Gasteiger partial charge in [0.05, 0.1) is 0 Å². The van der Waals surface area contributed by atoms with Crippen molar-refractivity contribution in [3.63, 3.8) is 0 Å². The lowest BCUT2D eigenvalue weighted by Gasteiger charge is -2.38. The molecule has 3 heterocycles. The van der Waals surface area contributed by atoms with Crippen molar-refractivity contribution in [2.75, 3.05) is 45.8 Å². The van der Waals surface area contributed by atoms with Gasteiger partial charge in [0, 0.05) is 19.1 Å². The van der Waals surface area contributed by atoms with Crippen LogP contribution < -0.4 is 0 Å². The third kappa shape index (κ3) is 3.76. The minimum absolute atomic E-state index is 0.217. The highest BCUT2D eigenvalue weighted by atomic mass is 16.4. The largest absolute Gasteiger partial charge is 0.480 e. The van der Waals surface area contributed by atoms with Gasteiger partial charge >= 0.3 is 5.97 Å². The van der Waals surface area contributed by atoms with Gasteiger partial charge in [-0.3, -0.25) is 9.69 Å². The van der Waals surface area contributed by atoms with Crippen LogP contribution >= 0.6 is 0 Å². The van der Waals surface area contributed by atoms with Crippen LogP contribution in [0.5, 0.6) is 0 Å². The Morgan fingerprint density at radius 1 is 0.857 bits per heavy atom. The maximum absolute atomic E-state index is 11.3. The molecular formula is C16H29N3O2. The van der Waals surface area contributed by atoms with E-state index in [-0.39, 0.29) is 6.04 Å². The number of hydrogen-bond donors (Lipinski definition) is 1. The van der Waals surface area contributed by atoms with Crippen LogP contribution in [-0.4, -0.2) is 83.7 Å². The molecule has 1 N–H and O–H groups in total. The number of carbonyl (C=O) groups is 1. The van der Waals surface area contributed by atoms with Crippen molar-refractivity contribution in [1.82, 2.24) is 14.7 Å². The number of piperidine rings is 1. The highest BCUT2D eigenvalue weighted by Crippen LogP contribution is 2.26. The first-order valence-corrected chi connectivity index (χ1v) is 8.67. The highest BCUT2D eigenvalue weighted by Gasteiger charge is 2.36. The maximum atomic E-state index is 11.3. The average molecular weight is 295 g/mol. The summed E-state index contributed by atoms with van der Waals surface area (Å²) in [6, 6.07) is 0.280. The number of likely N-dealkylation sites (tertiary alicyclic amines) is 3. The third-order valence-corrected chi connectivity index (χ3v) is 5.54. The van der Waals surface area contributed by atoms with E-state index in [4.69, 9.17) is 0 Å². The summed E-state index contributed by atoms with van der Waals surface area (Å²) in [6.45, 7) is 8.23. The van der Waals surface area contributed by atoms with Gasteiger partial charge in [0.2, 0.25) is 0 Å². The fraction of sp³-hybridized carbons (Fsp3) is 0.938. The molecule has 0 aromatic carbocycles. The second kappa shape index (κ2) is 7.07. The molecule has 0 aromatic rings. The minimum Gasteiger partial charge on any atom is -0.480 e. The van der Waals surface area contributed by atoms with E-state index in [1.807, 2.05) is 0 Å². The Balaban J connectivity index is 1.41. The molecule has 3 fully saturated rings. The SMILES string of the molecule is O=C(O)C1CCCN1C1CCN(CCN2CCCC2)CC1. The second-order valence-corrected chi connectivity index (χ2v) is 6.86. The molecule has 1 unspecified atom stereocenters. The van der Waals surface area contributed by atoms with Crippen LogP contribution in [0.4, 0.5) is 0 Å². The molecule has 3 aliphatic rings. The lowest BCUT2D eigenvalue weighted by atomic mass is 10.0. The molecule has 0 bridgehead atoms. The van der Waals surface area contributed by atoms with Crippen LogP contribution in [0, 0.1) is 0 Å². The van der Waals surface area contributed by atoms with Crippen molar-refractivity contribution in [3.8, 4) is 0 Å². The minimum atomic E-state index is -0.621. The molecule has 1 atom stereocenters. The molecule has 0 saturated carbocycles. The molecule has 5 heteroatoms. The molecule has 0 aliphatic carbocycles. The zero-order valence-corrected chi connectivity index (χ0v) is 13.0. The van der Waals surface area contributed by atoms with Gasteiger partial charge in [0.15, 0.2) is 0 Å². The van der Waals surface area contributed by atoms with Crippen LogP contribution in [0.2, 0.25) is 0 Å². The van der Waals surface area contributed by atoms with Gasteiger partial charge in [0.1, 0.15) is 6.04 Å². The number of carboxylic acid groups (broad SMARTS) is 1. The zero-order valence-electron chi connectivity index (χ0n) is 13.0. The van der Waals surface area contributed by atoms with Crippen molar-refractivity contribution >= 4 is 5.97 Å². The van der Waals surface area contributed by atoms with Crippen LogP contribution in [-0.2, 0) is 4.79 Å². The van der Waals surface area contributed by atoms with Crippen LogP contribution in [0.15, 0.2) is 0 Å². The summed E-state index contributed by atoms with van der Waals surface area (Å²) in [5, 5.41) is 9.31. The van der Waals surface area contributed by atoms with Crippen LogP contribution in [0.25, 0.3) is 0 Å². The summed E-state index contributed by atoms with van der Waals surface area (Å²) in [7, 11) is 0. The molecule has 0 aromatic heterocycles. The van der Waals surface area contributed by atoms with Gasteiger partial charge < -0.3 is 14.9 Å². The van der Waals surface area contributed by atoms with E-state index >= 15 is 0 Å². The molecule has 120 valence electrons. The number of nitrogens with zero attached hydrogens (tertiary/aromatic N) is 3. The monoisotopic (exact) mass is 295 g/mol. The molecule has 0 spiro atoms. The maximum Gasteiger partial charge on any atom is 0.320 e. The Bertz CT molecular complexity index is 349. The van der Waals surface area contributed by atoms with Crippen LogP contribution in [0.3, 0.4) is 0 Å². The lowest BCUT2D eigenvalue weighted by Crippen LogP contribution is -2.49.